The minimum absolute atomic E-state index is 0.0122. The summed E-state index contributed by atoms with van der Waals surface area (Å²) in [4.78, 5) is 12.9. The van der Waals surface area contributed by atoms with Crippen LogP contribution in [0, 0.1) is 12.7 Å². The molecule has 40 heavy (non-hydrogen) atoms. The van der Waals surface area contributed by atoms with E-state index < -0.39 is 38.3 Å². The lowest BCUT2D eigenvalue weighted by Gasteiger charge is -2.25. The standard InChI is InChI=1S/C27H22Cl2FN3O5S2/c1-18-2-11-24(12-3-18)40(37,38)33(26-16-19(28)4-15-25(26)29)17-27(34)31-21-9-13-23(14-10-21)39(35,36)32-22-7-5-20(30)6-8-22/h2-16,32H,17H2,1H3,(H,31,34). The van der Waals surface area contributed by atoms with Crippen LogP contribution in [-0.2, 0) is 24.8 Å². The highest BCUT2D eigenvalue weighted by molar-refractivity contribution is 7.93. The maximum absolute atomic E-state index is 13.6. The van der Waals surface area contributed by atoms with Gasteiger partial charge in [0.1, 0.15) is 12.4 Å². The van der Waals surface area contributed by atoms with Crippen LogP contribution >= 0.6 is 23.2 Å². The zero-order chi connectivity index (χ0) is 29.1. The molecule has 4 aromatic rings. The second-order valence-corrected chi connectivity index (χ2v) is 13.0. The summed E-state index contributed by atoms with van der Waals surface area (Å²) >= 11 is 12.4. The Hall–Kier alpha value is -3.64. The smallest absolute Gasteiger partial charge is 0.264 e. The Balaban J connectivity index is 1.55. The van der Waals surface area contributed by atoms with E-state index in [2.05, 4.69) is 10.0 Å². The molecule has 2 N–H and O–H groups in total. The summed E-state index contributed by atoms with van der Waals surface area (Å²) in [5.41, 5.74) is 1.25. The monoisotopic (exact) mass is 621 g/mol. The first kappa shape index (κ1) is 29.3. The van der Waals surface area contributed by atoms with Crippen LogP contribution < -0.4 is 14.3 Å². The summed E-state index contributed by atoms with van der Waals surface area (Å²) in [5.74, 6) is -1.22. The zero-order valence-corrected chi connectivity index (χ0v) is 24.0. The normalized spacial score (nSPS) is 11.6. The van der Waals surface area contributed by atoms with Crippen molar-refractivity contribution in [2.45, 2.75) is 16.7 Å². The number of benzene rings is 4. The fraction of sp³-hybridized carbons (Fsp3) is 0.0741. The lowest BCUT2D eigenvalue weighted by Crippen LogP contribution is -2.38. The molecule has 0 spiro atoms. The van der Waals surface area contributed by atoms with Crippen molar-refractivity contribution < 1.29 is 26.0 Å². The van der Waals surface area contributed by atoms with E-state index in [0.29, 0.717) is 0 Å². The van der Waals surface area contributed by atoms with Gasteiger partial charge < -0.3 is 5.32 Å². The summed E-state index contributed by atoms with van der Waals surface area (Å²) in [5, 5.41) is 2.85. The topological polar surface area (TPSA) is 113 Å². The molecule has 1 amide bonds. The number of sulfonamides is 2. The van der Waals surface area contributed by atoms with Gasteiger partial charge in [-0.05, 0) is 85.8 Å². The fourth-order valence-corrected chi connectivity index (χ4v) is 6.52. The van der Waals surface area contributed by atoms with Crippen molar-refractivity contribution in [1.82, 2.24) is 0 Å². The third kappa shape index (κ3) is 6.92. The maximum atomic E-state index is 13.6. The van der Waals surface area contributed by atoms with Crippen molar-refractivity contribution in [3.05, 3.63) is 112 Å². The molecule has 0 aliphatic carbocycles. The van der Waals surface area contributed by atoms with E-state index in [-0.39, 0.29) is 36.9 Å². The van der Waals surface area contributed by atoms with Crippen LogP contribution in [0.15, 0.2) is 101 Å². The Morgan fingerprint density at radius 3 is 2.00 bits per heavy atom. The highest BCUT2D eigenvalue weighted by Crippen LogP contribution is 2.33. The van der Waals surface area contributed by atoms with E-state index >= 15 is 0 Å². The number of hydrogen-bond donors (Lipinski definition) is 2. The zero-order valence-electron chi connectivity index (χ0n) is 20.8. The van der Waals surface area contributed by atoms with Crippen molar-refractivity contribution in [3.63, 3.8) is 0 Å². The predicted molar refractivity (Wildman–Crippen MR) is 154 cm³/mol. The van der Waals surface area contributed by atoms with E-state index in [9.17, 15) is 26.0 Å². The van der Waals surface area contributed by atoms with Gasteiger partial charge in [-0.25, -0.2) is 21.2 Å². The molecule has 0 aliphatic rings. The first-order valence-corrected chi connectivity index (χ1v) is 15.3. The number of aryl methyl sites for hydroxylation is 1. The van der Waals surface area contributed by atoms with E-state index in [1.807, 2.05) is 6.92 Å². The van der Waals surface area contributed by atoms with Crippen LogP contribution in [0.2, 0.25) is 10.0 Å². The van der Waals surface area contributed by atoms with E-state index in [1.165, 1.54) is 66.7 Å². The number of hydrogen-bond acceptors (Lipinski definition) is 5. The molecule has 13 heteroatoms. The summed E-state index contributed by atoms with van der Waals surface area (Å²) in [6.45, 7) is 1.16. The van der Waals surface area contributed by atoms with Crippen LogP contribution in [0.25, 0.3) is 0 Å². The van der Waals surface area contributed by atoms with Crippen molar-refractivity contribution in [3.8, 4) is 0 Å². The number of halogens is 3. The Bertz CT molecular complexity index is 1750. The van der Waals surface area contributed by atoms with Gasteiger partial charge in [0.05, 0.1) is 20.5 Å². The number of rotatable bonds is 9. The summed E-state index contributed by atoms with van der Waals surface area (Å²) < 4.78 is 68.8. The highest BCUT2D eigenvalue weighted by Gasteiger charge is 2.29. The molecule has 8 nitrogen and oxygen atoms in total. The number of amides is 1. The molecular weight excluding hydrogens is 600 g/mol. The van der Waals surface area contributed by atoms with Gasteiger partial charge in [0.15, 0.2) is 0 Å². The number of carbonyl (C=O) groups is 1. The van der Waals surface area contributed by atoms with Gasteiger partial charge in [-0.3, -0.25) is 13.8 Å². The van der Waals surface area contributed by atoms with Crippen molar-refractivity contribution in [1.29, 1.82) is 0 Å². The van der Waals surface area contributed by atoms with Crippen LogP contribution in [0.1, 0.15) is 5.56 Å². The van der Waals surface area contributed by atoms with Gasteiger partial charge in [-0.1, -0.05) is 40.9 Å². The predicted octanol–water partition coefficient (Wildman–Crippen LogP) is 6.08. The average molecular weight is 623 g/mol. The molecule has 0 saturated heterocycles. The second-order valence-electron chi connectivity index (χ2n) is 8.61. The summed E-state index contributed by atoms with van der Waals surface area (Å²) in [6.07, 6.45) is 0. The maximum Gasteiger partial charge on any atom is 0.264 e. The quantitative estimate of drug-likeness (QED) is 0.235. The molecular formula is C27H22Cl2FN3O5S2. The molecule has 0 atom stereocenters. The second kappa shape index (κ2) is 11.8. The number of nitrogens with zero attached hydrogens (tertiary/aromatic N) is 1. The molecule has 208 valence electrons. The largest absolute Gasteiger partial charge is 0.325 e. The molecule has 0 aliphatic heterocycles. The molecule has 0 fully saturated rings. The summed E-state index contributed by atoms with van der Waals surface area (Å²) in [7, 11) is -8.23. The third-order valence-corrected chi connectivity index (χ3v) is 9.34. The van der Waals surface area contributed by atoms with Crippen molar-refractivity contribution >= 4 is 66.2 Å². The van der Waals surface area contributed by atoms with Crippen LogP contribution in [0.4, 0.5) is 21.5 Å². The van der Waals surface area contributed by atoms with Crippen LogP contribution in [0.5, 0.6) is 0 Å². The Labute approximate surface area is 241 Å². The summed E-state index contributed by atoms with van der Waals surface area (Å²) in [6, 6.07) is 20.4. The third-order valence-electron chi connectivity index (χ3n) is 5.62. The highest BCUT2D eigenvalue weighted by atomic mass is 35.5. The SMILES string of the molecule is Cc1ccc(S(=O)(=O)N(CC(=O)Nc2ccc(S(=O)(=O)Nc3ccc(F)cc3)cc2)c2cc(Cl)ccc2Cl)cc1. The molecule has 0 radical (unpaired) electrons. The average Bonchev–Trinajstić information content (AvgIpc) is 2.90. The molecule has 0 saturated carbocycles. The molecule has 0 unspecified atom stereocenters. The van der Waals surface area contributed by atoms with Gasteiger partial charge in [0.25, 0.3) is 20.0 Å². The Kier molecular flexibility index (Phi) is 8.69. The van der Waals surface area contributed by atoms with Crippen LogP contribution in [0.3, 0.4) is 0 Å². The van der Waals surface area contributed by atoms with Crippen LogP contribution in [-0.4, -0.2) is 29.3 Å². The molecule has 4 rings (SSSR count). The van der Waals surface area contributed by atoms with Gasteiger partial charge in [0.2, 0.25) is 5.91 Å². The molecule has 4 aromatic carbocycles. The van der Waals surface area contributed by atoms with E-state index in [0.717, 1.165) is 22.0 Å². The lowest BCUT2D eigenvalue weighted by molar-refractivity contribution is -0.114. The Morgan fingerprint density at radius 1 is 0.800 bits per heavy atom. The molecule has 0 bridgehead atoms. The van der Waals surface area contributed by atoms with E-state index in [1.54, 1.807) is 12.1 Å². The first-order chi connectivity index (χ1) is 18.8. The minimum atomic E-state index is -4.24. The lowest BCUT2D eigenvalue weighted by atomic mass is 10.2. The molecule has 0 heterocycles. The minimum Gasteiger partial charge on any atom is -0.325 e. The number of nitrogens with one attached hydrogen (secondary N) is 2. The van der Waals surface area contributed by atoms with Gasteiger partial charge in [-0.15, -0.1) is 0 Å². The van der Waals surface area contributed by atoms with Gasteiger partial charge >= 0.3 is 0 Å². The van der Waals surface area contributed by atoms with E-state index in [4.69, 9.17) is 23.2 Å². The van der Waals surface area contributed by atoms with Gasteiger partial charge in [0, 0.05) is 16.4 Å². The Morgan fingerprint density at radius 2 is 1.38 bits per heavy atom. The first-order valence-electron chi connectivity index (χ1n) is 11.6. The number of anilines is 3. The number of carbonyl (C=O) groups excluding carboxylic acids is 1. The molecule has 0 aromatic heterocycles. The van der Waals surface area contributed by atoms with Crippen molar-refractivity contribution in [2.24, 2.45) is 0 Å². The van der Waals surface area contributed by atoms with Gasteiger partial charge in [-0.2, -0.15) is 0 Å². The van der Waals surface area contributed by atoms with Crippen molar-refractivity contribution in [2.75, 3.05) is 20.9 Å². The fourth-order valence-electron chi connectivity index (χ4n) is 3.59.